The van der Waals surface area contributed by atoms with E-state index in [4.69, 9.17) is 0 Å². The summed E-state index contributed by atoms with van der Waals surface area (Å²) in [5, 5.41) is 25.2. The maximum atomic E-state index is 9.21. The highest BCUT2D eigenvalue weighted by Gasteiger charge is 2.24. The van der Waals surface area contributed by atoms with E-state index >= 15 is 0 Å². The lowest BCUT2D eigenvalue weighted by molar-refractivity contribution is 0.110. The van der Waals surface area contributed by atoms with Crippen LogP contribution >= 0.6 is 0 Å². The fourth-order valence-corrected chi connectivity index (χ4v) is 0.993. The van der Waals surface area contributed by atoms with Crippen LogP contribution < -0.4 is 0 Å². The molecule has 12 heavy (non-hydrogen) atoms. The van der Waals surface area contributed by atoms with Gasteiger partial charge in [0.2, 0.25) is 12.5 Å². The van der Waals surface area contributed by atoms with E-state index in [1.54, 1.807) is 0 Å². The molecular formula is C6H6N4O2. The summed E-state index contributed by atoms with van der Waals surface area (Å²) in [4.78, 5) is 7.65. The minimum atomic E-state index is -1.10. The molecule has 0 bridgehead atoms. The number of fused-ring (bicyclic) bond motifs is 1. The number of azo groups is 1. The van der Waals surface area contributed by atoms with Crippen molar-refractivity contribution in [2.24, 2.45) is 10.2 Å². The van der Waals surface area contributed by atoms with Gasteiger partial charge in [-0.3, -0.25) is 9.97 Å². The average Bonchev–Trinajstić information content (AvgIpc) is 2.12. The number of rotatable bonds is 0. The van der Waals surface area contributed by atoms with E-state index < -0.39 is 12.5 Å². The first-order valence-corrected chi connectivity index (χ1v) is 3.36. The molecule has 0 saturated heterocycles. The standard InChI is InChI=1S/C6H6N4O2/c11-5-3-4(6(12)10-9-5)8-2-1-7-3/h1-2,5-6,11-12H. The monoisotopic (exact) mass is 166 g/mol. The second kappa shape index (κ2) is 2.58. The van der Waals surface area contributed by atoms with Gasteiger partial charge in [-0.2, -0.15) is 10.2 Å². The molecule has 0 aliphatic carbocycles. The zero-order valence-electron chi connectivity index (χ0n) is 5.99. The maximum absolute atomic E-state index is 9.21. The Balaban J connectivity index is 2.54. The van der Waals surface area contributed by atoms with E-state index in [9.17, 15) is 10.2 Å². The first-order chi connectivity index (χ1) is 5.79. The van der Waals surface area contributed by atoms with Crippen molar-refractivity contribution in [3.05, 3.63) is 23.8 Å². The molecule has 2 heterocycles. The van der Waals surface area contributed by atoms with Crippen LogP contribution in [0.3, 0.4) is 0 Å². The molecule has 1 aliphatic heterocycles. The van der Waals surface area contributed by atoms with Crippen LogP contribution in [0.2, 0.25) is 0 Å². The minimum Gasteiger partial charge on any atom is -0.365 e. The molecule has 0 radical (unpaired) electrons. The van der Waals surface area contributed by atoms with Crippen LogP contribution in [-0.4, -0.2) is 20.2 Å². The van der Waals surface area contributed by atoms with E-state index in [-0.39, 0.29) is 11.4 Å². The zero-order chi connectivity index (χ0) is 8.55. The Labute approximate surface area is 67.6 Å². The van der Waals surface area contributed by atoms with Crippen molar-refractivity contribution >= 4 is 0 Å². The van der Waals surface area contributed by atoms with Gasteiger partial charge in [0.25, 0.3) is 0 Å². The van der Waals surface area contributed by atoms with Crippen molar-refractivity contribution in [1.82, 2.24) is 9.97 Å². The SMILES string of the molecule is OC1N=NC(O)c2nccnc21. The molecule has 2 rings (SSSR count). The second-order valence-electron chi connectivity index (χ2n) is 2.31. The van der Waals surface area contributed by atoms with Crippen molar-refractivity contribution in [3.63, 3.8) is 0 Å². The topological polar surface area (TPSA) is 91.0 Å². The van der Waals surface area contributed by atoms with Crippen LogP contribution in [0.25, 0.3) is 0 Å². The second-order valence-corrected chi connectivity index (χ2v) is 2.31. The Morgan fingerprint density at radius 2 is 1.33 bits per heavy atom. The number of hydrogen-bond donors (Lipinski definition) is 2. The molecule has 62 valence electrons. The molecule has 0 amide bonds. The van der Waals surface area contributed by atoms with Gasteiger partial charge in [0, 0.05) is 12.4 Å². The van der Waals surface area contributed by atoms with Crippen LogP contribution in [0.5, 0.6) is 0 Å². The van der Waals surface area contributed by atoms with Gasteiger partial charge in [-0.05, 0) is 0 Å². The molecule has 0 saturated carbocycles. The predicted octanol–water partition coefficient (Wildman–Crippen LogP) is -0.0758. The summed E-state index contributed by atoms with van der Waals surface area (Å²) in [7, 11) is 0. The van der Waals surface area contributed by atoms with Crippen molar-refractivity contribution < 1.29 is 10.2 Å². The van der Waals surface area contributed by atoms with Gasteiger partial charge < -0.3 is 10.2 Å². The lowest BCUT2D eigenvalue weighted by Gasteiger charge is -2.15. The van der Waals surface area contributed by atoms with Crippen LogP contribution in [0, 0.1) is 0 Å². The summed E-state index contributed by atoms with van der Waals surface area (Å²) in [6, 6.07) is 0. The van der Waals surface area contributed by atoms with E-state index in [1.807, 2.05) is 0 Å². The zero-order valence-corrected chi connectivity index (χ0v) is 5.99. The minimum absolute atomic E-state index is 0.264. The third-order valence-corrected chi connectivity index (χ3v) is 1.53. The van der Waals surface area contributed by atoms with E-state index in [2.05, 4.69) is 20.2 Å². The van der Waals surface area contributed by atoms with Gasteiger partial charge in [0.05, 0.1) is 0 Å². The summed E-state index contributed by atoms with van der Waals surface area (Å²) in [5.74, 6) is 0. The van der Waals surface area contributed by atoms with Crippen LogP contribution in [0.15, 0.2) is 22.6 Å². The number of nitrogens with zero attached hydrogens (tertiary/aromatic N) is 4. The third kappa shape index (κ3) is 0.973. The van der Waals surface area contributed by atoms with Crippen molar-refractivity contribution in [1.29, 1.82) is 0 Å². The molecule has 0 spiro atoms. The highest BCUT2D eigenvalue weighted by atomic mass is 16.3. The van der Waals surface area contributed by atoms with E-state index in [0.717, 1.165) is 0 Å². The number of aliphatic hydroxyl groups excluding tert-OH is 2. The largest absolute Gasteiger partial charge is 0.365 e. The predicted molar refractivity (Wildman–Crippen MR) is 36.8 cm³/mol. The molecule has 2 atom stereocenters. The third-order valence-electron chi connectivity index (χ3n) is 1.53. The fourth-order valence-electron chi connectivity index (χ4n) is 0.993. The van der Waals surface area contributed by atoms with Crippen LogP contribution in [-0.2, 0) is 0 Å². The van der Waals surface area contributed by atoms with Gasteiger partial charge in [-0.15, -0.1) is 0 Å². The van der Waals surface area contributed by atoms with Gasteiger partial charge in [0.15, 0.2) is 0 Å². The number of aliphatic hydroxyl groups is 2. The summed E-state index contributed by atoms with van der Waals surface area (Å²) >= 11 is 0. The Morgan fingerprint density at radius 1 is 0.917 bits per heavy atom. The van der Waals surface area contributed by atoms with Gasteiger partial charge in [0.1, 0.15) is 11.4 Å². The Bertz CT molecular complexity index is 296. The van der Waals surface area contributed by atoms with Crippen LogP contribution in [0.4, 0.5) is 0 Å². The molecular weight excluding hydrogens is 160 g/mol. The number of aromatic nitrogens is 2. The lowest BCUT2D eigenvalue weighted by atomic mass is 10.2. The van der Waals surface area contributed by atoms with E-state index in [1.165, 1.54) is 12.4 Å². The average molecular weight is 166 g/mol. The molecule has 2 unspecified atom stereocenters. The molecule has 0 aromatic carbocycles. The van der Waals surface area contributed by atoms with Crippen molar-refractivity contribution in [2.75, 3.05) is 0 Å². The Kier molecular flexibility index (Phi) is 1.56. The highest BCUT2D eigenvalue weighted by molar-refractivity contribution is 5.16. The smallest absolute Gasteiger partial charge is 0.210 e. The van der Waals surface area contributed by atoms with Crippen molar-refractivity contribution in [2.45, 2.75) is 12.5 Å². The highest BCUT2D eigenvalue weighted by Crippen LogP contribution is 2.27. The first kappa shape index (κ1) is 7.26. The summed E-state index contributed by atoms with van der Waals surface area (Å²) < 4.78 is 0. The summed E-state index contributed by atoms with van der Waals surface area (Å²) in [5.41, 5.74) is 0.528. The molecule has 1 aliphatic rings. The molecule has 6 heteroatoms. The lowest BCUT2D eigenvalue weighted by Crippen LogP contribution is -2.12. The molecule has 2 N–H and O–H groups in total. The Morgan fingerprint density at radius 3 is 1.75 bits per heavy atom. The fraction of sp³-hybridized carbons (Fsp3) is 0.333. The molecule has 6 nitrogen and oxygen atoms in total. The van der Waals surface area contributed by atoms with E-state index in [0.29, 0.717) is 0 Å². The number of hydrogen-bond acceptors (Lipinski definition) is 6. The Hall–Kier alpha value is -1.40. The van der Waals surface area contributed by atoms with Gasteiger partial charge >= 0.3 is 0 Å². The van der Waals surface area contributed by atoms with Gasteiger partial charge in [-0.25, -0.2) is 0 Å². The first-order valence-electron chi connectivity index (χ1n) is 3.36. The van der Waals surface area contributed by atoms with Gasteiger partial charge in [-0.1, -0.05) is 0 Å². The van der Waals surface area contributed by atoms with Crippen LogP contribution in [0.1, 0.15) is 23.8 Å². The summed E-state index contributed by atoms with van der Waals surface area (Å²) in [6.45, 7) is 0. The maximum Gasteiger partial charge on any atom is 0.210 e. The quantitative estimate of drug-likeness (QED) is 0.564. The normalized spacial score (nSPS) is 26.8. The summed E-state index contributed by atoms with van der Waals surface area (Å²) in [6.07, 6.45) is 0.653. The molecule has 0 fully saturated rings. The molecule has 1 aromatic rings. The van der Waals surface area contributed by atoms with Crippen molar-refractivity contribution in [3.8, 4) is 0 Å². The molecule has 1 aromatic heterocycles.